The number of aromatic amines is 1. The lowest BCUT2D eigenvalue weighted by molar-refractivity contribution is -0.145. The van der Waals surface area contributed by atoms with E-state index in [0.717, 1.165) is 5.69 Å². The van der Waals surface area contributed by atoms with Gasteiger partial charge in [-0.05, 0) is 12.5 Å². The van der Waals surface area contributed by atoms with Gasteiger partial charge in [-0.25, -0.2) is 4.98 Å². The van der Waals surface area contributed by atoms with Crippen LogP contribution in [0.3, 0.4) is 0 Å². The monoisotopic (exact) mass is 287 g/mol. The van der Waals surface area contributed by atoms with E-state index in [1.54, 1.807) is 37.4 Å². The summed E-state index contributed by atoms with van der Waals surface area (Å²) in [4.78, 5) is 30.3. The van der Waals surface area contributed by atoms with E-state index in [2.05, 4.69) is 15.3 Å². The van der Waals surface area contributed by atoms with E-state index in [9.17, 15) is 14.7 Å². The minimum absolute atomic E-state index is 0.125. The van der Waals surface area contributed by atoms with Crippen molar-refractivity contribution in [3.63, 3.8) is 0 Å². The van der Waals surface area contributed by atoms with E-state index in [1.165, 1.54) is 6.33 Å². The number of carboxylic acid groups (broad SMARTS) is 1. The van der Waals surface area contributed by atoms with Gasteiger partial charge in [-0.15, -0.1) is 0 Å². The van der Waals surface area contributed by atoms with Gasteiger partial charge < -0.3 is 15.4 Å². The van der Waals surface area contributed by atoms with E-state index in [0.29, 0.717) is 12.1 Å². The molecular formula is C15H17N3O3. The predicted molar refractivity (Wildman–Crippen MR) is 76.5 cm³/mol. The van der Waals surface area contributed by atoms with Gasteiger partial charge in [-0.3, -0.25) is 9.59 Å². The highest BCUT2D eigenvalue weighted by Crippen LogP contribution is 2.27. The second-order valence-electron chi connectivity index (χ2n) is 5.03. The maximum absolute atomic E-state index is 12.0. The van der Waals surface area contributed by atoms with E-state index >= 15 is 0 Å². The van der Waals surface area contributed by atoms with Crippen molar-refractivity contribution >= 4 is 11.9 Å². The molecule has 3 N–H and O–H groups in total. The van der Waals surface area contributed by atoms with Crippen LogP contribution in [0.1, 0.15) is 24.6 Å². The molecule has 0 aliphatic rings. The van der Waals surface area contributed by atoms with Gasteiger partial charge in [0, 0.05) is 12.6 Å². The van der Waals surface area contributed by atoms with Crippen molar-refractivity contribution in [3.05, 3.63) is 54.1 Å². The van der Waals surface area contributed by atoms with Crippen LogP contribution in [0.2, 0.25) is 0 Å². The SMILES string of the molecule is CC(CC(=O)NCc1cnc[nH]1)(C(=O)O)c1ccccc1. The number of H-pyrrole nitrogens is 1. The maximum atomic E-state index is 12.0. The van der Waals surface area contributed by atoms with Gasteiger partial charge in [0.05, 0.1) is 24.0 Å². The molecule has 0 saturated carbocycles. The number of hydrogen-bond acceptors (Lipinski definition) is 3. The van der Waals surface area contributed by atoms with Crippen molar-refractivity contribution in [3.8, 4) is 0 Å². The Morgan fingerprint density at radius 3 is 2.62 bits per heavy atom. The fourth-order valence-corrected chi connectivity index (χ4v) is 2.07. The van der Waals surface area contributed by atoms with Gasteiger partial charge in [0.15, 0.2) is 0 Å². The molecule has 1 heterocycles. The number of benzene rings is 1. The number of nitrogens with zero attached hydrogens (tertiary/aromatic N) is 1. The highest BCUT2D eigenvalue weighted by atomic mass is 16.4. The Bertz CT molecular complexity index is 610. The van der Waals surface area contributed by atoms with Crippen LogP contribution < -0.4 is 5.32 Å². The van der Waals surface area contributed by atoms with Crippen molar-refractivity contribution in [1.29, 1.82) is 0 Å². The lowest BCUT2D eigenvalue weighted by atomic mass is 9.79. The lowest BCUT2D eigenvalue weighted by Crippen LogP contribution is -2.38. The minimum Gasteiger partial charge on any atom is -0.481 e. The number of imidazole rings is 1. The molecule has 1 atom stereocenters. The van der Waals surface area contributed by atoms with Crippen LogP contribution in [-0.2, 0) is 21.5 Å². The molecule has 6 nitrogen and oxygen atoms in total. The van der Waals surface area contributed by atoms with Crippen LogP contribution in [0.15, 0.2) is 42.9 Å². The molecule has 0 fully saturated rings. The molecule has 110 valence electrons. The second-order valence-corrected chi connectivity index (χ2v) is 5.03. The summed E-state index contributed by atoms with van der Waals surface area (Å²) < 4.78 is 0. The first-order valence-corrected chi connectivity index (χ1v) is 6.55. The zero-order valence-electron chi connectivity index (χ0n) is 11.7. The van der Waals surface area contributed by atoms with Crippen LogP contribution in [0.4, 0.5) is 0 Å². The fraction of sp³-hybridized carbons (Fsp3) is 0.267. The number of aliphatic carboxylic acids is 1. The Hall–Kier alpha value is -2.63. The Morgan fingerprint density at radius 1 is 1.33 bits per heavy atom. The van der Waals surface area contributed by atoms with Gasteiger partial charge in [0.1, 0.15) is 0 Å². The van der Waals surface area contributed by atoms with Crippen LogP contribution in [0, 0.1) is 0 Å². The van der Waals surface area contributed by atoms with Gasteiger partial charge in [-0.1, -0.05) is 30.3 Å². The highest BCUT2D eigenvalue weighted by Gasteiger charge is 2.37. The molecular weight excluding hydrogens is 270 g/mol. The zero-order chi connectivity index (χ0) is 15.3. The topological polar surface area (TPSA) is 95.1 Å². The summed E-state index contributed by atoms with van der Waals surface area (Å²) in [6.45, 7) is 1.85. The molecule has 6 heteroatoms. The lowest BCUT2D eigenvalue weighted by Gasteiger charge is -2.24. The summed E-state index contributed by atoms with van der Waals surface area (Å²) in [6, 6.07) is 8.77. The van der Waals surface area contributed by atoms with E-state index in [-0.39, 0.29) is 12.3 Å². The first-order valence-electron chi connectivity index (χ1n) is 6.55. The Labute approximate surface area is 122 Å². The van der Waals surface area contributed by atoms with Crippen LogP contribution >= 0.6 is 0 Å². The Kier molecular flexibility index (Phi) is 4.37. The van der Waals surface area contributed by atoms with Gasteiger partial charge in [-0.2, -0.15) is 0 Å². The highest BCUT2D eigenvalue weighted by molar-refractivity contribution is 5.89. The van der Waals surface area contributed by atoms with E-state index in [1.807, 2.05) is 6.07 Å². The smallest absolute Gasteiger partial charge is 0.314 e. The number of carboxylic acids is 1. The molecule has 1 aromatic carbocycles. The van der Waals surface area contributed by atoms with Crippen molar-refractivity contribution < 1.29 is 14.7 Å². The number of amides is 1. The zero-order valence-corrected chi connectivity index (χ0v) is 11.7. The van der Waals surface area contributed by atoms with Crippen LogP contribution in [0.25, 0.3) is 0 Å². The summed E-state index contributed by atoms with van der Waals surface area (Å²) in [5.74, 6) is -1.34. The number of nitrogens with one attached hydrogen (secondary N) is 2. The van der Waals surface area contributed by atoms with Crippen molar-refractivity contribution in [2.24, 2.45) is 0 Å². The molecule has 2 aromatic rings. The molecule has 2 rings (SSSR count). The van der Waals surface area contributed by atoms with E-state index < -0.39 is 11.4 Å². The third kappa shape index (κ3) is 3.47. The van der Waals surface area contributed by atoms with Crippen LogP contribution in [0.5, 0.6) is 0 Å². The number of rotatable bonds is 6. The maximum Gasteiger partial charge on any atom is 0.314 e. The standard InChI is InChI=1S/C15H17N3O3/c1-15(14(20)21,11-5-3-2-4-6-11)7-13(19)17-9-12-8-16-10-18-12/h2-6,8,10H,7,9H2,1H3,(H,16,18)(H,17,19)(H,20,21). The van der Waals surface area contributed by atoms with Crippen LogP contribution in [-0.4, -0.2) is 27.0 Å². The molecule has 0 spiro atoms. The molecule has 0 bridgehead atoms. The summed E-state index contributed by atoms with van der Waals surface area (Å²) in [6.07, 6.45) is 3.00. The molecule has 0 aliphatic carbocycles. The second kappa shape index (κ2) is 6.21. The average molecular weight is 287 g/mol. The molecule has 1 amide bonds. The minimum atomic E-state index is -1.25. The third-order valence-electron chi connectivity index (χ3n) is 3.43. The molecule has 1 unspecified atom stereocenters. The van der Waals surface area contributed by atoms with Crippen molar-refractivity contribution in [1.82, 2.24) is 15.3 Å². The number of hydrogen-bond donors (Lipinski definition) is 3. The third-order valence-corrected chi connectivity index (χ3v) is 3.43. The van der Waals surface area contributed by atoms with E-state index in [4.69, 9.17) is 0 Å². The largest absolute Gasteiger partial charge is 0.481 e. The van der Waals surface area contributed by atoms with Gasteiger partial charge >= 0.3 is 5.97 Å². The number of carbonyl (C=O) groups excluding carboxylic acids is 1. The fourth-order valence-electron chi connectivity index (χ4n) is 2.07. The number of aromatic nitrogens is 2. The first kappa shape index (κ1) is 14.8. The normalized spacial score (nSPS) is 13.4. The summed E-state index contributed by atoms with van der Waals surface area (Å²) in [7, 11) is 0. The Balaban J connectivity index is 2.06. The summed E-state index contributed by atoms with van der Waals surface area (Å²) >= 11 is 0. The molecule has 0 saturated heterocycles. The summed E-state index contributed by atoms with van der Waals surface area (Å²) in [5, 5.41) is 12.2. The van der Waals surface area contributed by atoms with Crippen molar-refractivity contribution in [2.75, 3.05) is 0 Å². The average Bonchev–Trinajstić information content (AvgIpc) is 2.99. The van der Waals surface area contributed by atoms with Gasteiger partial charge in [0.25, 0.3) is 0 Å². The molecule has 0 radical (unpaired) electrons. The molecule has 21 heavy (non-hydrogen) atoms. The Morgan fingerprint density at radius 2 is 2.05 bits per heavy atom. The molecule has 0 aliphatic heterocycles. The van der Waals surface area contributed by atoms with Gasteiger partial charge in [0.2, 0.25) is 5.91 Å². The predicted octanol–water partition coefficient (Wildman–Crippen LogP) is 1.46. The quantitative estimate of drug-likeness (QED) is 0.749. The first-order chi connectivity index (χ1) is 10.0. The molecule has 1 aromatic heterocycles. The van der Waals surface area contributed by atoms with Crippen molar-refractivity contribution in [2.45, 2.75) is 25.3 Å². The summed E-state index contributed by atoms with van der Waals surface area (Å²) in [5.41, 5.74) is 0.119. The number of carbonyl (C=O) groups is 2.